The van der Waals surface area contributed by atoms with Crippen molar-refractivity contribution < 1.29 is 14.5 Å². The van der Waals surface area contributed by atoms with Crippen molar-refractivity contribution in [3.05, 3.63) is 39.4 Å². The van der Waals surface area contributed by atoms with Crippen LogP contribution in [0, 0.1) is 27.4 Å². The van der Waals surface area contributed by atoms with E-state index in [4.69, 9.17) is 4.74 Å². The SMILES string of the molecule is CCc1ccc(C(=O)N[C@@H](C#N)[C@H]2CCOC2)cc1[N+](=O)[O-]. The van der Waals surface area contributed by atoms with Crippen molar-refractivity contribution in [3.8, 4) is 6.07 Å². The standard InChI is InChI=1S/C15H17N3O4/c1-2-10-3-4-11(7-14(10)18(20)21)15(19)17-13(8-16)12-5-6-22-9-12/h3-4,7,12-13H,2,5-6,9H2,1H3,(H,17,19)/t12-,13-/m0/s1. The van der Waals surface area contributed by atoms with Gasteiger partial charge in [-0.15, -0.1) is 0 Å². The van der Waals surface area contributed by atoms with Crippen molar-refractivity contribution in [3.63, 3.8) is 0 Å². The number of hydrogen-bond donors (Lipinski definition) is 1. The van der Waals surface area contributed by atoms with Crippen molar-refractivity contribution in [1.29, 1.82) is 5.26 Å². The third-order valence-electron chi connectivity index (χ3n) is 3.79. The van der Waals surface area contributed by atoms with Gasteiger partial charge in [0.2, 0.25) is 0 Å². The number of hydrogen-bond acceptors (Lipinski definition) is 5. The zero-order chi connectivity index (χ0) is 16.1. The first kappa shape index (κ1) is 15.9. The average Bonchev–Trinajstić information content (AvgIpc) is 3.05. The summed E-state index contributed by atoms with van der Waals surface area (Å²) in [6.07, 6.45) is 1.23. The van der Waals surface area contributed by atoms with E-state index in [1.54, 1.807) is 12.1 Å². The topological polar surface area (TPSA) is 105 Å². The molecule has 0 unspecified atom stereocenters. The molecule has 1 saturated heterocycles. The molecule has 2 rings (SSSR count). The maximum Gasteiger partial charge on any atom is 0.273 e. The largest absolute Gasteiger partial charge is 0.381 e. The molecule has 0 bridgehead atoms. The van der Waals surface area contributed by atoms with Crippen LogP contribution >= 0.6 is 0 Å². The molecule has 1 aliphatic rings. The Morgan fingerprint density at radius 3 is 2.95 bits per heavy atom. The van der Waals surface area contributed by atoms with Gasteiger partial charge >= 0.3 is 0 Å². The van der Waals surface area contributed by atoms with Crippen molar-refractivity contribution in [2.75, 3.05) is 13.2 Å². The third-order valence-corrected chi connectivity index (χ3v) is 3.79. The second-order valence-corrected chi connectivity index (χ2v) is 5.16. The first-order valence-electron chi connectivity index (χ1n) is 7.12. The molecule has 1 heterocycles. The number of amides is 1. The predicted octanol–water partition coefficient (Wildman–Crippen LogP) is 1.82. The van der Waals surface area contributed by atoms with E-state index >= 15 is 0 Å². The number of carbonyl (C=O) groups is 1. The molecule has 2 atom stereocenters. The Morgan fingerprint density at radius 2 is 2.41 bits per heavy atom. The molecule has 1 aromatic carbocycles. The number of carbonyl (C=O) groups excluding carboxylic acids is 1. The number of nitro groups is 1. The molecule has 0 aromatic heterocycles. The van der Waals surface area contributed by atoms with Gasteiger partial charge in [0.05, 0.1) is 17.6 Å². The molecule has 1 amide bonds. The Bertz CT molecular complexity index is 618. The van der Waals surface area contributed by atoms with Gasteiger partial charge in [-0.3, -0.25) is 14.9 Å². The van der Waals surface area contributed by atoms with Crippen molar-refractivity contribution in [1.82, 2.24) is 5.32 Å². The lowest BCUT2D eigenvalue weighted by Gasteiger charge is -2.16. The molecule has 1 aliphatic heterocycles. The van der Waals surface area contributed by atoms with Gasteiger partial charge in [-0.2, -0.15) is 5.26 Å². The highest BCUT2D eigenvalue weighted by Gasteiger charge is 2.27. The lowest BCUT2D eigenvalue weighted by Crippen LogP contribution is -2.39. The Labute approximate surface area is 128 Å². The number of rotatable bonds is 5. The van der Waals surface area contributed by atoms with Gasteiger partial charge in [0.1, 0.15) is 6.04 Å². The second-order valence-electron chi connectivity index (χ2n) is 5.16. The molecule has 1 N–H and O–H groups in total. The lowest BCUT2D eigenvalue weighted by atomic mass is 9.99. The van der Waals surface area contributed by atoms with Gasteiger partial charge in [0, 0.05) is 29.7 Å². The van der Waals surface area contributed by atoms with Crippen molar-refractivity contribution in [2.24, 2.45) is 5.92 Å². The normalized spacial score (nSPS) is 18.5. The molecule has 0 spiro atoms. The van der Waals surface area contributed by atoms with Crippen LogP contribution < -0.4 is 5.32 Å². The zero-order valence-corrected chi connectivity index (χ0v) is 12.2. The molecular formula is C15H17N3O4. The summed E-state index contributed by atoms with van der Waals surface area (Å²) in [5.74, 6) is -0.525. The molecule has 116 valence electrons. The van der Waals surface area contributed by atoms with Crippen LogP contribution in [0.25, 0.3) is 0 Å². The van der Waals surface area contributed by atoms with E-state index in [0.717, 1.165) is 0 Å². The van der Waals surface area contributed by atoms with Gasteiger partial charge in [-0.25, -0.2) is 0 Å². The van der Waals surface area contributed by atoms with Gasteiger partial charge in [-0.05, 0) is 18.9 Å². The molecule has 1 aromatic rings. The fourth-order valence-corrected chi connectivity index (χ4v) is 2.47. The smallest absolute Gasteiger partial charge is 0.273 e. The maximum atomic E-state index is 12.2. The van der Waals surface area contributed by atoms with Crippen molar-refractivity contribution >= 4 is 11.6 Å². The van der Waals surface area contributed by atoms with Crippen LogP contribution in [-0.2, 0) is 11.2 Å². The monoisotopic (exact) mass is 303 g/mol. The van der Waals surface area contributed by atoms with Crippen LogP contribution in [0.2, 0.25) is 0 Å². The fourth-order valence-electron chi connectivity index (χ4n) is 2.47. The Balaban J connectivity index is 2.16. The van der Waals surface area contributed by atoms with Crippen LogP contribution in [0.4, 0.5) is 5.69 Å². The van der Waals surface area contributed by atoms with E-state index in [2.05, 4.69) is 11.4 Å². The Hall–Kier alpha value is -2.46. The number of benzene rings is 1. The number of ether oxygens (including phenoxy) is 1. The molecule has 1 fully saturated rings. The molecule has 22 heavy (non-hydrogen) atoms. The van der Waals surface area contributed by atoms with E-state index in [-0.39, 0.29) is 17.2 Å². The van der Waals surface area contributed by atoms with Crippen LogP contribution in [-0.4, -0.2) is 30.1 Å². The highest BCUT2D eigenvalue weighted by molar-refractivity contribution is 5.95. The van der Waals surface area contributed by atoms with E-state index in [9.17, 15) is 20.2 Å². The van der Waals surface area contributed by atoms with E-state index < -0.39 is 16.9 Å². The Kier molecular flexibility index (Phi) is 5.07. The first-order valence-corrected chi connectivity index (χ1v) is 7.12. The second kappa shape index (κ2) is 7.00. The summed E-state index contributed by atoms with van der Waals surface area (Å²) in [7, 11) is 0. The number of nitrogens with one attached hydrogen (secondary N) is 1. The first-order chi connectivity index (χ1) is 10.6. The van der Waals surface area contributed by atoms with E-state index in [1.807, 2.05) is 6.92 Å². The average molecular weight is 303 g/mol. The molecule has 0 aliphatic carbocycles. The van der Waals surface area contributed by atoms with Gasteiger partial charge in [0.25, 0.3) is 11.6 Å². The van der Waals surface area contributed by atoms with Crippen LogP contribution in [0.5, 0.6) is 0 Å². The minimum atomic E-state index is -0.653. The minimum Gasteiger partial charge on any atom is -0.381 e. The summed E-state index contributed by atoms with van der Waals surface area (Å²) in [6, 6.07) is 5.78. The van der Waals surface area contributed by atoms with E-state index in [0.29, 0.717) is 31.6 Å². The van der Waals surface area contributed by atoms with Gasteiger partial charge in [-0.1, -0.05) is 13.0 Å². The number of nitrogens with zero attached hydrogens (tertiary/aromatic N) is 2. The number of nitro benzene ring substituents is 1. The summed E-state index contributed by atoms with van der Waals surface area (Å²) in [5, 5.41) is 22.9. The minimum absolute atomic E-state index is 0.0427. The number of nitriles is 1. The molecule has 0 radical (unpaired) electrons. The fraction of sp³-hybridized carbons (Fsp3) is 0.467. The summed E-state index contributed by atoms with van der Waals surface area (Å²) in [6.45, 7) is 2.83. The zero-order valence-electron chi connectivity index (χ0n) is 12.2. The highest BCUT2D eigenvalue weighted by atomic mass is 16.6. The van der Waals surface area contributed by atoms with Gasteiger partial charge in [0.15, 0.2) is 0 Å². The third kappa shape index (κ3) is 3.40. The highest BCUT2D eigenvalue weighted by Crippen LogP contribution is 2.22. The summed E-state index contributed by atoms with van der Waals surface area (Å²) >= 11 is 0. The van der Waals surface area contributed by atoms with Gasteiger partial charge < -0.3 is 10.1 Å². The summed E-state index contributed by atoms with van der Waals surface area (Å²) < 4.78 is 5.22. The van der Waals surface area contributed by atoms with E-state index in [1.165, 1.54) is 6.07 Å². The quantitative estimate of drug-likeness (QED) is 0.659. The van der Waals surface area contributed by atoms with Crippen LogP contribution in [0.15, 0.2) is 18.2 Å². The van der Waals surface area contributed by atoms with Crippen LogP contribution in [0.3, 0.4) is 0 Å². The lowest BCUT2D eigenvalue weighted by molar-refractivity contribution is -0.385. The molecule has 0 saturated carbocycles. The van der Waals surface area contributed by atoms with Crippen LogP contribution in [0.1, 0.15) is 29.3 Å². The summed E-state index contributed by atoms with van der Waals surface area (Å²) in [4.78, 5) is 22.8. The molecule has 7 heteroatoms. The van der Waals surface area contributed by atoms with Crippen molar-refractivity contribution in [2.45, 2.75) is 25.8 Å². The maximum absolute atomic E-state index is 12.2. The summed E-state index contributed by atoms with van der Waals surface area (Å²) in [5.41, 5.74) is 0.679. The molecule has 7 nitrogen and oxygen atoms in total. The molecular weight excluding hydrogens is 286 g/mol. The Morgan fingerprint density at radius 1 is 1.64 bits per heavy atom. The number of aryl methyl sites for hydroxylation is 1. The predicted molar refractivity (Wildman–Crippen MR) is 78.3 cm³/mol.